The summed E-state index contributed by atoms with van der Waals surface area (Å²) in [4.78, 5) is 7.58. The van der Waals surface area contributed by atoms with Gasteiger partial charge in [-0.2, -0.15) is 14.4 Å². The molecule has 1 aromatic rings. The summed E-state index contributed by atoms with van der Waals surface area (Å²) < 4.78 is 22.7. The molecule has 0 atom stereocenters. The van der Waals surface area contributed by atoms with Crippen LogP contribution in [0.3, 0.4) is 0 Å². The first-order chi connectivity index (χ1) is 6.22. The summed E-state index contributed by atoms with van der Waals surface area (Å²) in [6.07, 6.45) is 1.72. The first-order valence-corrected chi connectivity index (χ1v) is 4.65. The molecule has 0 spiro atoms. The smallest absolute Gasteiger partial charge is 0.322 e. The number of aromatic nitrogens is 2. The normalized spacial score (nSPS) is 9.85. The highest BCUT2D eigenvalue weighted by Crippen LogP contribution is 2.28. The zero-order valence-electron chi connectivity index (χ0n) is 7.50. The molecule has 0 unspecified atom stereocenters. The van der Waals surface area contributed by atoms with Gasteiger partial charge in [-0.05, 0) is 6.26 Å². The van der Waals surface area contributed by atoms with Crippen molar-refractivity contribution in [1.82, 2.24) is 9.97 Å². The number of methoxy groups -OCH3 is 2. The zero-order chi connectivity index (χ0) is 9.84. The SMILES string of the molecule is COc1nc(F)c(SC)c(OC)n1. The molecule has 0 aromatic carbocycles. The summed E-state index contributed by atoms with van der Waals surface area (Å²) in [6, 6.07) is -0.0350. The van der Waals surface area contributed by atoms with E-state index in [2.05, 4.69) is 14.7 Å². The van der Waals surface area contributed by atoms with Crippen LogP contribution in [0.5, 0.6) is 11.9 Å². The first kappa shape index (κ1) is 10.0. The van der Waals surface area contributed by atoms with Crippen molar-refractivity contribution in [2.24, 2.45) is 0 Å². The summed E-state index contributed by atoms with van der Waals surface area (Å²) >= 11 is 1.19. The Morgan fingerprint density at radius 3 is 2.38 bits per heavy atom. The van der Waals surface area contributed by atoms with Crippen LogP contribution in [0.15, 0.2) is 4.90 Å². The largest absolute Gasteiger partial charge is 0.480 e. The van der Waals surface area contributed by atoms with E-state index in [1.54, 1.807) is 6.26 Å². The Kier molecular flexibility index (Phi) is 3.30. The maximum atomic E-state index is 13.2. The second-order valence-corrected chi connectivity index (χ2v) is 2.86. The third-order valence-corrected chi connectivity index (χ3v) is 2.10. The Morgan fingerprint density at radius 1 is 1.23 bits per heavy atom. The van der Waals surface area contributed by atoms with Crippen LogP contribution in [0.1, 0.15) is 0 Å². The summed E-state index contributed by atoms with van der Waals surface area (Å²) in [5, 5.41) is 0. The highest BCUT2D eigenvalue weighted by molar-refractivity contribution is 7.98. The van der Waals surface area contributed by atoms with Gasteiger partial charge in [-0.3, -0.25) is 0 Å². The lowest BCUT2D eigenvalue weighted by Crippen LogP contribution is -2.00. The van der Waals surface area contributed by atoms with Crippen LogP contribution >= 0.6 is 11.8 Å². The van der Waals surface area contributed by atoms with Gasteiger partial charge in [0.2, 0.25) is 11.8 Å². The molecule has 4 nitrogen and oxygen atoms in total. The van der Waals surface area contributed by atoms with E-state index in [0.29, 0.717) is 0 Å². The molecule has 0 fully saturated rings. The molecule has 13 heavy (non-hydrogen) atoms. The molecular weight excluding hydrogens is 195 g/mol. The van der Waals surface area contributed by atoms with Gasteiger partial charge in [-0.1, -0.05) is 0 Å². The van der Waals surface area contributed by atoms with Crippen molar-refractivity contribution >= 4 is 11.8 Å². The molecule has 0 radical (unpaired) electrons. The lowest BCUT2D eigenvalue weighted by Gasteiger charge is -2.06. The van der Waals surface area contributed by atoms with Gasteiger partial charge in [0.05, 0.1) is 14.2 Å². The number of nitrogens with zero attached hydrogens (tertiary/aromatic N) is 2. The standard InChI is InChI=1S/C7H9FN2O2S/c1-11-6-4(13-3)5(8)9-7(10-6)12-2/h1-3H3. The van der Waals surface area contributed by atoms with E-state index >= 15 is 0 Å². The van der Waals surface area contributed by atoms with Crippen molar-refractivity contribution in [1.29, 1.82) is 0 Å². The molecule has 72 valence electrons. The van der Waals surface area contributed by atoms with Crippen molar-refractivity contribution < 1.29 is 13.9 Å². The van der Waals surface area contributed by atoms with Gasteiger partial charge in [0, 0.05) is 0 Å². The van der Waals surface area contributed by atoms with Crippen LogP contribution in [-0.2, 0) is 0 Å². The fourth-order valence-electron chi connectivity index (χ4n) is 0.787. The molecule has 6 heteroatoms. The zero-order valence-corrected chi connectivity index (χ0v) is 8.31. The number of rotatable bonds is 3. The molecular formula is C7H9FN2O2S. The van der Waals surface area contributed by atoms with Crippen molar-refractivity contribution in [2.45, 2.75) is 4.90 Å². The van der Waals surface area contributed by atoms with E-state index in [4.69, 9.17) is 4.74 Å². The van der Waals surface area contributed by atoms with Gasteiger partial charge < -0.3 is 9.47 Å². The Morgan fingerprint density at radius 2 is 1.92 bits per heavy atom. The minimum absolute atomic E-state index is 0.0350. The van der Waals surface area contributed by atoms with E-state index in [1.165, 1.54) is 26.0 Å². The Hall–Kier alpha value is -1.04. The first-order valence-electron chi connectivity index (χ1n) is 3.42. The second-order valence-electron chi connectivity index (χ2n) is 2.04. The number of hydrogen-bond acceptors (Lipinski definition) is 5. The van der Waals surface area contributed by atoms with E-state index in [1.807, 2.05) is 0 Å². The topological polar surface area (TPSA) is 44.2 Å². The van der Waals surface area contributed by atoms with Gasteiger partial charge in [-0.15, -0.1) is 11.8 Å². The maximum absolute atomic E-state index is 13.2. The predicted octanol–water partition coefficient (Wildman–Crippen LogP) is 1.35. The Balaban J connectivity index is 3.20. The van der Waals surface area contributed by atoms with Crippen LogP contribution in [0.25, 0.3) is 0 Å². The molecule has 0 saturated heterocycles. The van der Waals surface area contributed by atoms with Crippen molar-refractivity contribution in [3.8, 4) is 11.9 Å². The van der Waals surface area contributed by atoms with Crippen molar-refractivity contribution in [2.75, 3.05) is 20.5 Å². The highest BCUT2D eigenvalue weighted by Gasteiger charge is 2.14. The van der Waals surface area contributed by atoms with Gasteiger partial charge in [-0.25, -0.2) is 0 Å². The summed E-state index contributed by atoms with van der Waals surface area (Å²) in [7, 11) is 2.79. The lowest BCUT2D eigenvalue weighted by molar-refractivity contribution is 0.329. The van der Waals surface area contributed by atoms with Crippen LogP contribution in [0.4, 0.5) is 4.39 Å². The molecule has 0 bridgehead atoms. The molecule has 0 aliphatic carbocycles. The molecule has 0 N–H and O–H groups in total. The minimum atomic E-state index is -0.629. The number of ether oxygens (including phenoxy) is 2. The molecule has 1 rings (SSSR count). The van der Waals surface area contributed by atoms with E-state index in [-0.39, 0.29) is 16.8 Å². The Labute approximate surface area is 79.5 Å². The van der Waals surface area contributed by atoms with E-state index in [0.717, 1.165) is 0 Å². The third-order valence-electron chi connectivity index (χ3n) is 1.35. The third kappa shape index (κ3) is 2.00. The molecule has 0 aliphatic rings. The molecule has 1 aromatic heterocycles. The predicted molar refractivity (Wildman–Crippen MR) is 46.9 cm³/mol. The monoisotopic (exact) mass is 204 g/mol. The molecule has 1 heterocycles. The number of halogens is 1. The minimum Gasteiger partial charge on any atom is -0.480 e. The fraction of sp³-hybridized carbons (Fsp3) is 0.429. The van der Waals surface area contributed by atoms with Crippen molar-refractivity contribution in [3.63, 3.8) is 0 Å². The van der Waals surface area contributed by atoms with Crippen LogP contribution in [0, 0.1) is 5.95 Å². The quantitative estimate of drug-likeness (QED) is 0.549. The van der Waals surface area contributed by atoms with E-state index in [9.17, 15) is 4.39 Å². The fourth-order valence-corrected chi connectivity index (χ4v) is 1.30. The summed E-state index contributed by atoms with van der Waals surface area (Å²) in [5.41, 5.74) is 0. The highest BCUT2D eigenvalue weighted by atomic mass is 32.2. The molecule has 0 saturated carbocycles. The van der Waals surface area contributed by atoms with Gasteiger partial charge in [0.1, 0.15) is 4.90 Å². The van der Waals surface area contributed by atoms with Gasteiger partial charge in [0.25, 0.3) is 0 Å². The lowest BCUT2D eigenvalue weighted by atomic mass is 10.6. The van der Waals surface area contributed by atoms with E-state index < -0.39 is 5.95 Å². The average Bonchev–Trinajstić information content (AvgIpc) is 2.16. The number of thioether (sulfide) groups is 1. The second kappa shape index (κ2) is 4.27. The number of hydrogen-bond donors (Lipinski definition) is 0. The summed E-state index contributed by atoms with van der Waals surface area (Å²) in [5.74, 6) is -0.437. The molecule has 0 amide bonds. The molecule has 0 aliphatic heterocycles. The van der Waals surface area contributed by atoms with Crippen LogP contribution < -0.4 is 9.47 Å². The Bertz CT molecular complexity index is 309. The van der Waals surface area contributed by atoms with Crippen LogP contribution in [-0.4, -0.2) is 30.4 Å². The summed E-state index contributed by atoms with van der Waals surface area (Å²) in [6.45, 7) is 0. The van der Waals surface area contributed by atoms with Crippen LogP contribution in [0.2, 0.25) is 0 Å². The van der Waals surface area contributed by atoms with Gasteiger partial charge >= 0.3 is 6.01 Å². The van der Waals surface area contributed by atoms with Crippen molar-refractivity contribution in [3.05, 3.63) is 5.95 Å². The van der Waals surface area contributed by atoms with Gasteiger partial charge in [0.15, 0.2) is 0 Å². The average molecular weight is 204 g/mol. The maximum Gasteiger partial charge on any atom is 0.322 e.